The summed E-state index contributed by atoms with van der Waals surface area (Å²) in [5, 5.41) is 9.09. The lowest BCUT2D eigenvalue weighted by Crippen LogP contribution is -2.51. The fourth-order valence-corrected chi connectivity index (χ4v) is 3.61. The standard InChI is InChI=1S/C11H22N2O5S/c1-4-13(19(16,17)12-5-8(2)3)10-7-18-6-9(10)11(14)15/h8-10,12H,4-7H2,1-3H3,(H,14,15). The lowest BCUT2D eigenvalue weighted by Gasteiger charge is -2.28. The van der Waals surface area contributed by atoms with Crippen LogP contribution in [0.2, 0.25) is 0 Å². The number of carboxylic acids is 1. The summed E-state index contributed by atoms with van der Waals surface area (Å²) in [6, 6.07) is -0.646. The molecular formula is C11H22N2O5S. The van der Waals surface area contributed by atoms with Crippen molar-refractivity contribution in [1.29, 1.82) is 0 Å². The highest BCUT2D eigenvalue weighted by molar-refractivity contribution is 7.87. The van der Waals surface area contributed by atoms with Crippen LogP contribution in [0.5, 0.6) is 0 Å². The van der Waals surface area contributed by atoms with E-state index in [1.165, 1.54) is 4.31 Å². The first-order valence-electron chi connectivity index (χ1n) is 6.36. The zero-order chi connectivity index (χ0) is 14.6. The summed E-state index contributed by atoms with van der Waals surface area (Å²) in [4.78, 5) is 11.1. The van der Waals surface area contributed by atoms with Crippen molar-refractivity contribution in [3.8, 4) is 0 Å². The molecule has 0 saturated carbocycles. The summed E-state index contributed by atoms with van der Waals surface area (Å²) in [6.45, 7) is 6.19. The monoisotopic (exact) mass is 294 g/mol. The molecule has 0 spiro atoms. The lowest BCUT2D eigenvalue weighted by atomic mass is 10.0. The molecule has 1 aliphatic heterocycles. The molecule has 0 aliphatic carbocycles. The fraction of sp³-hybridized carbons (Fsp3) is 0.909. The van der Waals surface area contributed by atoms with Gasteiger partial charge in [0.05, 0.1) is 25.2 Å². The summed E-state index contributed by atoms with van der Waals surface area (Å²) < 4.78 is 33.2. The molecule has 0 radical (unpaired) electrons. The van der Waals surface area contributed by atoms with Gasteiger partial charge in [0.15, 0.2) is 0 Å². The summed E-state index contributed by atoms with van der Waals surface area (Å²) in [7, 11) is -3.68. The van der Waals surface area contributed by atoms with Crippen molar-refractivity contribution in [2.45, 2.75) is 26.8 Å². The molecule has 8 heteroatoms. The lowest BCUT2D eigenvalue weighted by molar-refractivity contribution is -0.142. The second-order valence-electron chi connectivity index (χ2n) is 5.00. The molecule has 0 aromatic carbocycles. The van der Waals surface area contributed by atoms with Crippen LogP contribution in [-0.4, -0.2) is 56.1 Å². The van der Waals surface area contributed by atoms with Crippen LogP contribution in [0.15, 0.2) is 0 Å². The number of likely N-dealkylation sites (N-methyl/N-ethyl adjacent to an activating group) is 1. The van der Waals surface area contributed by atoms with Crippen LogP contribution in [0.1, 0.15) is 20.8 Å². The van der Waals surface area contributed by atoms with Gasteiger partial charge in [-0.15, -0.1) is 0 Å². The predicted molar refractivity (Wildman–Crippen MR) is 69.9 cm³/mol. The van der Waals surface area contributed by atoms with Gasteiger partial charge in [-0.1, -0.05) is 20.8 Å². The van der Waals surface area contributed by atoms with Crippen molar-refractivity contribution < 1.29 is 23.1 Å². The average molecular weight is 294 g/mol. The van der Waals surface area contributed by atoms with E-state index < -0.39 is 28.1 Å². The molecule has 7 nitrogen and oxygen atoms in total. The van der Waals surface area contributed by atoms with E-state index in [9.17, 15) is 13.2 Å². The minimum absolute atomic E-state index is 0.0518. The van der Waals surface area contributed by atoms with E-state index in [0.29, 0.717) is 6.54 Å². The topological polar surface area (TPSA) is 95.9 Å². The van der Waals surface area contributed by atoms with Gasteiger partial charge < -0.3 is 9.84 Å². The van der Waals surface area contributed by atoms with Gasteiger partial charge in [-0.3, -0.25) is 4.79 Å². The molecule has 1 heterocycles. The number of carbonyl (C=O) groups is 1. The first kappa shape index (κ1) is 16.4. The summed E-state index contributed by atoms with van der Waals surface area (Å²) in [5.41, 5.74) is 0. The maximum Gasteiger partial charge on any atom is 0.310 e. The van der Waals surface area contributed by atoms with Crippen LogP contribution in [-0.2, 0) is 19.7 Å². The Kier molecular flexibility index (Phi) is 5.72. The van der Waals surface area contributed by atoms with Crippen LogP contribution in [0.25, 0.3) is 0 Å². The zero-order valence-corrected chi connectivity index (χ0v) is 12.3. The van der Waals surface area contributed by atoms with Crippen molar-refractivity contribution in [2.75, 3.05) is 26.3 Å². The van der Waals surface area contributed by atoms with E-state index in [0.717, 1.165) is 0 Å². The molecule has 2 atom stereocenters. The Labute approximate surface area is 114 Å². The number of aliphatic carboxylic acids is 1. The van der Waals surface area contributed by atoms with E-state index in [4.69, 9.17) is 9.84 Å². The second-order valence-corrected chi connectivity index (χ2v) is 6.71. The smallest absolute Gasteiger partial charge is 0.310 e. The minimum Gasteiger partial charge on any atom is -0.481 e. The quantitative estimate of drug-likeness (QED) is 0.683. The van der Waals surface area contributed by atoms with Crippen molar-refractivity contribution in [2.24, 2.45) is 11.8 Å². The van der Waals surface area contributed by atoms with Gasteiger partial charge in [-0.25, -0.2) is 4.72 Å². The number of ether oxygens (including phenoxy) is 1. The van der Waals surface area contributed by atoms with Gasteiger partial charge in [0.1, 0.15) is 0 Å². The first-order chi connectivity index (χ1) is 8.79. The first-order valence-corrected chi connectivity index (χ1v) is 7.80. The molecule has 0 aromatic heterocycles. The van der Waals surface area contributed by atoms with Gasteiger partial charge in [0, 0.05) is 13.1 Å². The fourth-order valence-electron chi connectivity index (χ4n) is 2.00. The number of hydrogen-bond acceptors (Lipinski definition) is 4. The predicted octanol–water partition coefficient (Wildman–Crippen LogP) is -0.102. The molecule has 19 heavy (non-hydrogen) atoms. The van der Waals surface area contributed by atoms with Gasteiger partial charge in [-0.05, 0) is 5.92 Å². The van der Waals surface area contributed by atoms with Crippen LogP contribution in [0.4, 0.5) is 0 Å². The van der Waals surface area contributed by atoms with Gasteiger partial charge in [-0.2, -0.15) is 12.7 Å². The normalized spacial score (nSPS) is 24.3. The summed E-state index contributed by atoms with van der Waals surface area (Å²) in [6.07, 6.45) is 0. The number of carboxylic acid groups (broad SMARTS) is 1. The van der Waals surface area contributed by atoms with E-state index >= 15 is 0 Å². The molecular weight excluding hydrogens is 272 g/mol. The second kappa shape index (κ2) is 6.65. The van der Waals surface area contributed by atoms with E-state index in [1.54, 1.807) is 6.92 Å². The van der Waals surface area contributed by atoms with Gasteiger partial charge in [0.25, 0.3) is 10.2 Å². The van der Waals surface area contributed by atoms with E-state index in [2.05, 4.69) is 4.72 Å². The maximum absolute atomic E-state index is 12.2. The highest BCUT2D eigenvalue weighted by Crippen LogP contribution is 2.22. The average Bonchev–Trinajstić information content (AvgIpc) is 2.76. The van der Waals surface area contributed by atoms with Crippen LogP contribution in [0.3, 0.4) is 0 Å². The largest absolute Gasteiger partial charge is 0.481 e. The summed E-state index contributed by atoms with van der Waals surface area (Å²) >= 11 is 0. The Morgan fingerprint density at radius 1 is 1.47 bits per heavy atom. The third-order valence-corrected chi connectivity index (χ3v) is 4.71. The summed E-state index contributed by atoms with van der Waals surface area (Å²) in [5.74, 6) is -1.65. The number of nitrogens with one attached hydrogen (secondary N) is 1. The minimum atomic E-state index is -3.68. The Balaban J connectivity index is 2.84. The molecule has 0 aromatic rings. The Bertz CT molecular complexity index is 409. The Morgan fingerprint density at radius 3 is 2.58 bits per heavy atom. The molecule has 1 saturated heterocycles. The maximum atomic E-state index is 12.2. The Hall–Kier alpha value is -0.700. The van der Waals surface area contributed by atoms with Crippen LogP contribution in [0, 0.1) is 11.8 Å². The van der Waals surface area contributed by atoms with Crippen LogP contribution < -0.4 is 4.72 Å². The van der Waals surface area contributed by atoms with E-state index in [-0.39, 0.29) is 25.7 Å². The molecule has 0 bridgehead atoms. The van der Waals surface area contributed by atoms with Gasteiger partial charge >= 0.3 is 5.97 Å². The molecule has 2 unspecified atom stereocenters. The number of hydrogen-bond donors (Lipinski definition) is 2. The molecule has 1 fully saturated rings. The van der Waals surface area contributed by atoms with E-state index in [1.807, 2.05) is 13.8 Å². The van der Waals surface area contributed by atoms with Gasteiger partial charge in [0.2, 0.25) is 0 Å². The molecule has 1 aliphatic rings. The van der Waals surface area contributed by atoms with Crippen LogP contribution >= 0.6 is 0 Å². The molecule has 1 rings (SSSR count). The zero-order valence-electron chi connectivity index (χ0n) is 11.5. The van der Waals surface area contributed by atoms with Crippen molar-refractivity contribution in [3.63, 3.8) is 0 Å². The molecule has 2 N–H and O–H groups in total. The molecule has 0 amide bonds. The third kappa shape index (κ3) is 4.13. The number of nitrogens with zero attached hydrogens (tertiary/aromatic N) is 1. The molecule has 112 valence electrons. The third-order valence-electron chi connectivity index (χ3n) is 3.03. The highest BCUT2D eigenvalue weighted by atomic mass is 32.2. The highest BCUT2D eigenvalue weighted by Gasteiger charge is 2.42. The Morgan fingerprint density at radius 2 is 2.11 bits per heavy atom. The van der Waals surface area contributed by atoms with Crippen molar-refractivity contribution >= 4 is 16.2 Å². The SMILES string of the molecule is CCN(C1COCC1C(=O)O)S(=O)(=O)NCC(C)C. The van der Waals surface area contributed by atoms with Crippen molar-refractivity contribution in [1.82, 2.24) is 9.03 Å². The van der Waals surface area contributed by atoms with Crippen molar-refractivity contribution in [3.05, 3.63) is 0 Å². The number of rotatable bonds is 7.